The Kier molecular flexibility index (Phi) is 5.60. The maximum Gasteiger partial charge on any atom is 0.258 e. The molecule has 0 unspecified atom stereocenters. The molecule has 19 heavy (non-hydrogen) atoms. The first-order chi connectivity index (χ1) is 8.88. The van der Waals surface area contributed by atoms with Crippen molar-refractivity contribution in [3.05, 3.63) is 5.56 Å². The predicted molar refractivity (Wildman–Crippen MR) is 81.9 cm³/mol. The number of anilines is 2. The Labute approximate surface area is 119 Å². The van der Waals surface area contributed by atoms with E-state index in [9.17, 15) is 4.79 Å². The Balaban J connectivity index is 3.11. The maximum atomic E-state index is 12.2. The summed E-state index contributed by atoms with van der Waals surface area (Å²) in [6.07, 6.45) is 1.02. The van der Waals surface area contributed by atoms with Crippen molar-refractivity contribution in [3.63, 3.8) is 0 Å². The molecule has 3 N–H and O–H groups in total. The smallest absolute Gasteiger partial charge is 0.258 e. The van der Waals surface area contributed by atoms with E-state index in [2.05, 4.69) is 35.4 Å². The lowest BCUT2D eigenvalue weighted by molar-refractivity contribution is 0.0944. The van der Waals surface area contributed by atoms with Gasteiger partial charge in [0.2, 0.25) is 0 Å². The number of amides is 1. The molecule has 0 aliphatic heterocycles. The first kappa shape index (κ1) is 15.8. The maximum absolute atomic E-state index is 12.2. The molecule has 0 fully saturated rings. The second-order valence-corrected chi connectivity index (χ2v) is 5.92. The SMILES string of the molecule is CCCN(c1snc(N)c1C(=O)NC(C)C)C(C)C. The Morgan fingerprint density at radius 3 is 2.53 bits per heavy atom. The Bertz CT molecular complexity index is 428. The molecule has 108 valence electrons. The van der Waals surface area contributed by atoms with Gasteiger partial charge in [0.15, 0.2) is 5.82 Å². The summed E-state index contributed by atoms with van der Waals surface area (Å²) in [4.78, 5) is 14.4. The van der Waals surface area contributed by atoms with Gasteiger partial charge in [0.05, 0.1) is 0 Å². The summed E-state index contributed by atoms with van der Waals surface area (Å²) in [5.41, 5.74) is 6.38. The Morgan fingerprint density at radius 2 is 2.05 bits per heavy atom. The lowest BCUT2D eigenvalue weighted by Crippen LogP contribution is -2.35. The van der Waals surface area contributed by atoms with Crippen LogP contribution in [0.15, 0.2) is 0 Å². The van der Waals surface area contributed by atoms with Gasteiger partial charge in [-0.3, -0.25) is 4.79 Å². The predicted octanol–water partition coefficient (Wildman–Crippen LogP) is 2.49. The summed E-state index contributed by atoms with van der Waals surface area (Å²) in [5, 5.41) is 3.75. The number of aromatic nitrogens is 1. The number of nitrogens with one attached hydrogen (secondary N) is 1. The lowest BCUT2D eigenvalue weighted by Gasteiger charge is -2.27. The van der Waals surface area contributed by atoms with Crippen LogP contribution in [-0.2, 0) is 0 Å². The minimum absolute atomic E-state index is 0.0818. The zero-order chi connectivity index (χ0) is 14.6. The van der Waals surface area contributed by atoms with Crippen molar-refractivity contribution in [2.24, 2.45) is 0 Å². The first-order valence-corrected chi connectivity index (χ1v) is 7.48. The lowest BCUT2D eigenvalue weighted by atomic mass is 10.2. The summed E-state index contributed by atoms with van der Waals surface area (Å²) >= 11 is 1.30. The average molecular weight is 284 g/mol. The molecule has 0 aliphatic carbocycles. The van der Waals surface area contributed by atoms with Gasteiger partial charge in [-0.1, -0.05) is 6.92 Å². The standard InChI is InChI=1S/C13H24N4OS/c1-6-7-17(9(4)5)13-10(11(14)16-19-13)12(18)15-8(2)3/h8-9H,6-7H2,1-5H3,(H2,14,16)(H,15,18). The van der Waals surface area contributed by atoms with Gasteiger partial charge in [0, 0.05) is 18.6 Å². The summed E-state index contributed by atoms with van der Waals surface area (Å²) in [5.74, 6) is 0.179. The van der Waals surface area contributed by atoms with Gasteiger partial charge in [-0.05, 0) is 45.6 Å². The summed E-state index contributed by atoms with van der Waals surface area (Å²) in [6, 6.07) is 0.392. The van der Waals surface area contributed by atoms with Gasteiger partial charge in [0.25, 0.3) is 5.91 Å². The van der Waals surface area contributed by atoms with Crippen molar-refractivity contribution in [1.82, 2.24) is 9.69 Å². The van der Waals surface area contributed by atoms with Crippen LogP contribution >= 0.6 is 11.5 Å². The van der Waals surface area contributed by atoms with E-state index in [1.165, 1.54) is 11.5 Å². The van der Waals surface area contributed by atoms with Crippen LogP contribution in [0.4, 0.5) is 10.8 Å². The van der Waals surface area contributed by atoms with E-state index in [1.807, 2.05) is 13.8 Å². The highest BCUT2D eigenvalue weighted by Crippen LogP contribution is 2.32. The number of hydrogen-bond donors (Lipinski definition) is 2. The van der Waals surface area contributed by atoms with Crippen LogP contribution in [0, 0.1) is 0 Å². The summed E-state index contributed by atoms with van der Waals surface area (Å²) < 4.78 is 4.15. The largest absolute Gasteiger partial charge is 0.382 e. The molecule has 1 aromatic heterocycles. The molecular weight excluding hydrogens is 260 g/mol. The molecule has 1 heterocycles. The molecule has 0 bridgehead atoms. The molecule has 0 saturated carbocycles. The third-order valence-electron chi connectivity index (χ3n) is 2.70. The average Bonchev–Trinajstić information content (AvgIpc) is 2.66. The molecule has 0 atom stereocenters. The number of carbonyl (C=O) groups is 1. The fourth-order valence-corrected chi connectivity index (χ4v) is 2.84. The summed E-state index contributed by atoms with van der Waals surface area (Å²) in [6.45, 7) is 11.1. The third-order valence-corrected chi connectivity index (χ3v) is 3.60. The van der Waals surface area contributed by atoms with E-state index in [4.69, 9.17) is 5.73 Å². The Hall–Kier alpha value is -1.30. The van der Waals surface area contributed by atoms with Crippen LogP contribution in [0.2, 0.25) is 0 Å². The van der Waals surface area contributed by atoms with Crippen LogP contribution < -0.4 is 16.0 Å². The number of carbonyl (C=O) groups excluding carboxylic acids is 1. The van der Waals surface area contributed by atoms with E-state index < -0.39 is 0 Å². The van der Waals surface area contributed by atoms with Crippen molar-refractivity contribution in [3.8, 4) is 0 Å². The van der Waals surface area contributed by atoms with Crippen LogP contribution in [0.25, 0.3) is 0 Å². The van der Waals surface area contributed by atoms with E-state index in [1.54, 1.807) is 0 Å². The van der Waals surface area contributed by atoms with Crippen molar-refractivity contribution >= 4 is 28.3 Å². The molecular formula is C13H24N4OS. The Morgan fingerprint density at radius 1 is 1.42 bits per heavy atom. The van der Waals surface area contributed by atoms with Gasteiger partial charge in [-0.2, -0.15) is 4.37 Å². The minimum atomic E-state index is -0.141. The molecule has 0 saturated heterocycles. The fourth-order valence-electron chi connectivity index (χ4n) is 1.87. The minimum Gasteiger partial charge on any atom is -0.382 e. The van der Waals surface area contributed by atoms with Crippen molar-refractivity contribution in [2.45, 2.75) is 53.1 Å². The molecule has 0 radical (unpaired) electrons. The van der Waals surface area contributed by atoms with Crippen molar-refractivity contribution < 1.29 is 4.79 Å². The van der Waals surface area contributed by atoms with E-state index >= 15 is 0 Å². The highest BCUT2D eigenvalue weighted by molar-refractivity contribution is 7.11. The van der Waals surface area contributed by atoms with Gasteiger partial charge in [-0.15, -0.1) is 0 Å². The molecule has 1 amide bonds. The topological polar surface area (TPSA) is 71.2 Å². The van der Waals surface area contributed by atoms with Crippen LogP contribution in [0.5, 0.6) is 0 Å². The third kappa shape index (κ3) is 3.83. The first-order valence-electron chi connectivity index (χ1n) is 6.71. The number of rotatable bonds is 6. The highest BCUT2D eigenvalue weighted by Gasteiger charge is 2.24. The number of nitrogen functional groups attached to an aromatic ring is 1. The van der Waals surface area contributed by atoms with E-state index in [0.29, 0.717) is 17.4 Å². The van der Waals surface area contributed by atoms with E-state index in [0.717, 1.165) is 18.0 Å². The van der Waals surface area contributed by atoms with Gasteiger partial charge in [0.1, 0.15) is 10.6 Å². The number of nitrogens with zero attached hydrogens (tertiary/aromatic N) is 2. The molecule has 6 heteroatoms. The summed E-state index contributed by atoms with van der Waals surface area (Å²) in [7, 11) is 0. The molecule has 5 nitrogen and oxygen atoms in total. The zero-order valence-electron chi connectivity index (χ0n) is 12.4. The molecule has 1 rings (SSSR count). The molecule has 0 aromatic carbocycles. The van der Waals surface area contributed by atoms with Crippen molar-refractivity contribution in [2.75, 3.05) is 17.2 Å². The monoisotopic (exact) mass is 284 g/mol. The fraction of sp³-hybridized carbons (Fsp3) is 0.692. The van der Waals surface area contributed by atoms with E-state index in [-0.39, 0.29) is 11.9 Å². The van der Waals surface area contributed by atoms with Crippen LogP contribution in [0.3, 0.4) is 0 Å². The molecule has 0 spiro atoms. The van der Waals surface area contributed by atoms with Gasteiger partial charge in [-0.25, -0.2) is 0 Å². The van der Waals surface area contributed by atoms with Crippen LogP contribution in [-0.4, -0.2) is 28.9 Å². The molecule has 0 aliphatic rings. The van der Waals surface area contributed by atoms with Crippen LogP contribution in [0.1, 0.15) is 51.4 Å². The number of hydrogen-bond acceptors (Lipinski definition) is 5. The number of nitrogens with two attached hydrogens (primary N) is 1. The quantitative estimate of drug-likeness (QED) is 0.842. The second kappa shape index (κ2) is 6.75. The zero-order valence-corrected chi connectivity index (χ0v) is 13.2. The molecule has 1 aromatic rings. The van der Waals surface area contributed by atoms with Gasteiger partial charge < -0.3 is 16.0 Å². The van der Waals surface area contributed by atoms with Gasteiger partial charge >= 0.3 is 0 Å². The normalized spacial score (nSPS) is 11.1. The highest BCUT2D eigenvalue weighted by atomic mass is 32.1. The van der Waals surface area contributed by atoms with Crippen molar-refractivity contribution in [1.29, 1.82) is 0 Å². The second-order valence-electron chi connectivity index (χ2n) is 5.16.